The number of hydrogen-bond donors (Lipinski definition) is 1. The molecule has 0 fully saturated rings. The van der Waals surface area contributed by atoms with E-state index in [1.807, 2.05) is 51.2 Å². The summed E-state index contributed by atoms with van der Waals surface area (Å²) in [5.74, 6) is 1.50. The van der Waals surface area contributed by atoms with Gasteiger partial charge in [-0.2, -0.15) is 0 Å². The fraction of sp³-hybridized carbons (Fsp3) is 0.353. The third kappa shape index (κ3) is 3.73. The van der Waals surface area contributed by atoms with Gasteiger partial charge in [0.05, 0.1) is 19.3 Å². The first-order chi connectivity index (χ1) is 10.2. The Balaban J connectivity index is 2.37. The van der Waals surface area contributed by atoms with E-state index >= 15 is 0 Å². The highest BCUT2D eigenvalue weighted by Gasteiger charge is 2.17. The number of hydrogen-bond acceptors (Lipinski definition) is 4. The number of benzene rings is 1. The van der Waals surface area contributed by atoms with E-state index in [4.69, 9.17) is 9.47 Å². The number of nitrogens with one attached hydrogen (secondary N) is 1. The molecule has 0 saturated carbocycles. The first kappa shape index (κ1) is 15.3. The molecule has 0 amide bonds. The smallest absolute Gasteiger partial charge is 0.218 e. The molecule has 21 heavy (non-hydrogen) atoms. The normalized spacial score (nSPS) is 12.2. The Hall–Kier alpha value is -2.07. The minimum atomic E-state index is 0.00404. The Labute approximate surface area is 126 Å². The maximum absolute atomic E-state index is 5.77. The van der Waals surface area contributed by atoms with Crippen molar-refractivity contribution >= 4 is 0 Å². The van der Waals surface area contributed by atoms with E-state index in [0.717, 1.165) is 16.9 Å². The van der Waals surface area contributed by atoms with Crippen molar-refractivity contribution in [3.63, 3.8) is 0 Å². The molecule has 112 valence electrons. The number of pyridine rings is 1. The van der Waals surface area contributed by atoms with Gasteiger partial charge in [0.1, 0.15) is 5.75 Å². The lowest BCUT2D eigenvalue weighted by Crippen LogP contribution is -2.19. The lowest BCUT2D eigenvalue weighted by Gasteiger charge is -2.20. The van der Waals surface area contributed by atoms with Crippen molar-refractivity contribution < 1.29 is 9.47 Å². The highest BCUT2D eigenvalue weighted by Crippen LogP contribution is 2.29. The van der Waals surface area contributed by atoms with Gasteiger partial charge < -0.3 is 14.8 Å². The van der Waals surface area contributed by atoms with Crippen molar-refractivity contribution in [1.82, 2.24) is 10.3 Å². The van der Waals surface area contributed by atoms with Crippen LogP contribution in [0.3, 0.4) is 0 Å². The first-order valence-corrected chi connectivity index (χ1v) is 7.08. The number of ether oxygens (including phenoxy) is 2. The van der Waals surface area contributed by atoms with Crippen LogP contribution < -0.4 is 14.8 Å². The molecule has 2 rings (SSSR count). The third-order valence-electron chi connectivity index (χ3n) is 3.16. The Morgan fingerprint density at radius 2 is 1.95 bits per heavy atom. The van der Waals surface area contributed by atoms with Crippen LogP contribution >= 0.6 is 0 Å². The van der Waals surface area contributed by atoms with Gasteiger partial charge in [0, 0.05) is 11.8 Å². The second kappa shape index (κ2) is 7.09. The summed E-state index contributed by atoms with van der Waals surface area (Å²) in [6.45, 7) is 4.04. The standard InChI is InChI=1S/C17H22N2O2/c1-12(2)21-14-8-5-7-13(11-14)16(18-3)15-9-6-10-19-17(15)20-4/h5-12,16,18H,1-4H3. The van der Waals surface area contributed by atoms with E-state index in [-0.39, 0.29) is 12.1 Å². The molecule has 1 aromatic carbocycles. The minimum Gasteiger partial charge on any atom is -0.491 e. The van der Waals surface area contributed by atoms with Crippen LogP contribution in [-0.4, -0.2) is 25.2 Å². The topological polar surface area (TPSA) is 43.4 Å². The van der Waals surface area contributed by atoms with Gasteiger partial charge in [-0.3, -0.25) is 0 Å². The zero-order chi connectivity index (χ0) is 15.2. The molecule has 0 radical (unpaired) electrons. The molecular weight excluding hydrogens is 264 g/mol. The molecule has 0 aliphatic rings. The number of rotatable bonds is 6. The van der Waals surface area contributed by atoms with Gasteiger partial charge in [0.25, 0.3) is 0 Å². The van der Waals surface area contributed by atoms with Crippen molar-refractivity contribution in [2.45, 2.75) is 26.0 Å². The summed E-state index contributed by atoms with van der Waals surface area (Å²) in [6.07, 6.45) is 1.88. The average molecular weight is 286 g/mol. The Bertz CT molecular complexity index is 585. The van der Waals surface area contributed by atoms with E-state index in [1.54, 1.807) is 13.3 Å². The minimum absolute atomic E-state index is 0.00404. The number of methoxy groups -OCH3 is 1. The molecule has 4 nitrogen and oxygen atoms in total. The van der Waals surface area contributed by atoms with Crippen LogP contribution in [0.25, 0.3) is 0 Å². The van der Waals surface area contributed by atoms with Crippen molar-refractivity contribution in [3.05, 3.63) is 53.7 Å². The fourth-order valence-electron chi connectivity index (χ4n) is 2.33. The Kier molecular flexibility index (Phi) is 5.17. The van der Waals surface area contributed by atoms with Gasteiger partial charge in [-0.25, -0.2) is 4.98 Å². The van der Waals surface area contributed by atoms with Crippen molar-refractivity contribution in [1.29, 1.82) is 0 Å². The van der Waals surface area contributed by atoms with Crippen molar-refractivity contribution in [2.24, 2.45) is 0 Å². The van der Waals surface area contributed by atoms with E-state index < -0.39 is 0 Å². The Morgan fingerprint density at radius 1 is 1.14 bits per heavy atom. The number of aromatic nitrogens is 1. The van der Waals surface area contributed by atoms with Crippen LogP contribution in [0.2, 0.25) is 0 Å². The molecule has 0 aliphatic heterocycles. The zero-order valence-corrected chi connectivity index (χ0v) is 13.0. The molecule has 1 heterocycles. The monoisotopic (exact) mass is 286 g/mol. The van der Waals surface area contributed by atoms with Gasteiger partial charge in [-0.15, -0.1) is 0 Å². The highest BCUT2D eigenvalue weighted by atomic mass is 16.5. The van der Waals surface area contributed by atoms with Gasteiger partial charge in [-0.1, -0.05) is 18.2 Å². The van der Waals surface area contributed by atoms with E-state index in [0.29, 0.717) is 5.88 Å². The van der Waals surface area contributed by atoms with E-state index in [9.17, 15) is 0 Å². The summed E-state index contributed by atoms with van der Waals surface area (Å²) >= 11 is 0. The predicted molar refractivity (Wildman–Crippen MR) is 83.9 cm³/mol. The van der Waals surface area contributed by atoms with Gasteiger partial charge in [-0.05, 0) is 44.7 Å². The predicted octanol–water partition coefficient (Wildman–Crippen LogP) is 3.19. The fourth-order valence-corrected chi connectivity index (χ4v) is 2.33. The molecule has 1 unspecified atom stereocenters. The van der Waals surface area contributed by atoms with Crippen LogP contribution in [0.15, 0.2) is 42.6 Å². The average Bonchev–Trinajstić information content (AvgIpc) is 2.48. The van der Waals surface area contributed by atoms with Gasteiger partial charge in [0.2, 0.25) is 5.88 Å². The van der Waals surface area contributed by atoms with Crippen LogP contribution in [0.5, 0.6) is 11.6 Å². The molecule has 2 aromatic rings. The van der Waals surface area contributed by atoms with Crippen molar-refractivity contribution in [3.8, 4) is 11.6 Å². The maximum atomic E-state index is 5.77. The van der Waals surface area contributed by atoms with E-state index in [1.165, 1.54) is 0 Å². The molecule has 1 atom stereocenters. The third-order valence-corrected chi connectivity index (χ3v) is 3.16. The first-order valence-electron chi connectivity index (χ1n) is 7.08. The second-order valence-electron chi connectivity index (χ2n) is 5.06. The zero-order valence-electron chi connectivity index (χ0n) is 13.0. The lowest BCUT2D eigenvalue weighted by atomic mass is 9.99. The summed E-state index contributed by atoms with van der Waals surface area (Å²) in [6, 6.07) is 12.0. The highest BCUT2D eigenvalue weighted by molar-refractivity contribution is 5.40. The summed E-state index contributed by atoms with van der Waals surface area (Å²) in [5.41, 5.74) is 2.12. The molecular formula is C17H22N2O2. The van der Waals surface area contributed by atoms with E-state index in [2.05, 4.69) is 16.4 Å². The molecule has 0 saturated heterocycles. The summed E-state index contributed by atoms with van der Waals surface area (Å²) in [7, 11) is 3.56. The van der Waals surface area contributed by atoms with Gasteiger partial charge in [0.15, 0.2) is 0 Å². The molecule has 1 N–H and O–H groups in total. The number of nitrogens with zero attached hydrogens (tertiary/aromatic N) is 1. The van der Waals surface area contributed by atoms with Gasteiger partial charge >= 0.3 is 0 Å². The van der Waals surface area contributed by atoms with Crippen molar-refractivity contribution in [2.75, 3.05) is 14.2 Å². The molecule has 0 spiro atoms. The molecule has 4 heteroatoms. The SMILES string of the molecule is CNC(c1cccc(OC(C)C)c1)c1cccnc1OC. The summed E-state index contributed by atoms with van der Waals surface area (Å²) < 4.78 is 11.1. The van der Waals surface area contributed by atoms with Crippen LogP contribution in [-0.2, 0) is 0 Å². The Morgan fingerprint density at radius 3 is 2.62 bits per heavy atom. The lowest BCUT2D eigenvalue weighted by molar-refractivity contribution is 0.242. The molecule has 0 bridgehead atoms. The second-order valence-corrected chi connectivity index (χ2v) is 5.06. The molecule has 0 aliphatic carbocycles. The maximum Gasteiger partial charge on any atom is 0.218 e. The quantitative estimate of drug-likeness (QED) is 0.885. The van der Waals surface area contributed by atoms with Crippen LogP contribution in [0.1, 0.15) is 31.0 Å². The summed E-state index contributed by atoms with van der Waals surface area (Å²) in [5, 5.41) is 3.31. The summed E-state index contributed by atoms with van der Waals surface area (Å²) in [4.78, 5) is 4.27. The van der Waals surface area contributed by atoms with Crippen LogP contribution in [0, 0.1) is 0 Å². The molecule has 1 aromatic heterocycles. The van der Waals surface area contributed by atoms with Crippen LogP contribution in [0.4, 0.5) is 0 Å². The largest absolute Gasteiger partial charge is 0.491 e.